The molecule has 0 fully saturated rings. The van der Waals surface area contributed by atoms with E-state index in [1.165, 1.54) is 16.2 Å². The summed E-state index contributed by atoms with van der Waals surface area (Å²) in [4.78, 5) is 25.8. The Morgan fingerprint density at radius 1 is 1.28 bits per heavy atom. The van der Waals surface area contributed by atoms with Crippen LogP contribution < -0.4 is 11.1 Å². The topological polar surface area (TPSA) is 72.2 Å². The fourth-order valence-electron chi connectivity index (χ4n) is 3.41. The first kappa shape index (κ1) is 17.7. The van der Waals surface area contributed by atoms with Gasteiger partial charge < -0.3 is 11.1 Å². The van der Waals surface area contributed by atoms with Crippen LogP contribution in [0.2, 0.25) is 0 Å². The molecular formula is C20H24N2O2S. The number of amides is 2. The van der Waals surface area contributed by atoms with E-state index in [4.69, 9.17) is 5.73 Å². The minimum atomic E-state index is -0.456. The number of fused-ring (bicyclic) bond motifs is 1. The number of nitrogens with one attached hydrogen (secondary N) is 1. The Hall–Kier alpha value is -2.14. The van der Waals surface area contributed by atoms with E-state index in [0.29, 0.717) is 22.0 Å². The first-order chi connectivity index (χ1) is 11.9. The third kappa shape index (κ3) is 3.47. The number of nitrogens with two attached hydrogens (primary N) is 1. The highest BCUT2D eigenvalue weighted by molar-refractivity contribution is 7.17. The van der Waals surface area contributed by atoms with Crippen LogP contribution in [-0.2, 0) is 12.8 Å². The summed E-state index contributed by atoms with van der Waals surface area (Å²) in [6.45, 7) is 6.19. The Morgan fingerprint density at radius 2 is 2.04 bits per heavy atom. The molecule has 1 aliphatic rings. The smallest absolute Gasteiger partial charge is 0.256 e. The number of primary amides is 1. The molecule has 1 aromatic carbocycles. The fraction of sp³-hybridized carbons (Fsp3) is 0.400. The zero-order valence-electron chi connectivity index (χ0n) is 14.9. The summed E-state index contributed by atoms with van der Waals surface area (Å²) in [5.41, 5.74) is 9.98. The molecule has 3 rings (SSSR count). The van der Waals surface area contributed by atoms with Crippen molar-refractivity contribution in [3.05, 3.63) is 50.9 Å². The molecule has 2 aromatic rings. The summed E-state index contributed by atoms with van der Waals surface area (Å²) in [5.74, 6) is -0.00532. The molecule has 0 radical (unpaired) electrons. The Kier molecular flexibility index (Phi) is 4.95. The molecule has 5 heteroatoms. The quantitative estimate of drug-likeness (QED) is 0.860. The molecule has 25 heavy (non-hydrogen) atoms. The lowest BCUT2D eigenvalue weighted by molar-refractivity contribution is 0.1000. The van der Waals surface area contributed by atoms with Gasteiger partial charge in [0.05, 0.1) is 5.56 Å². The molecule has 0 bridgehead atoms. The highest BCUT2D eigenvalue weighted by atomic mass is 32.1. The molecule has 4 nitrogen and oxygen atoms in total. The molecule has 1 heterocycles. The van der Waals surface area contributed by atoms with Gasteiger partial charge in [0.25, 0.3) is 11.8 Å². The van der Waals surface area contributed by atoms with Gasteiger partial charge in [-0.25, -0.2) is 0 Å². The summed E-state index contributed by atoms with van der Waals surface area (Å²) in [6.07, 6.45) is 4.04. The van der Waals surface area contributed by atoms with Crippen LogP contribution in [0.4, 0.5) is 5.00 Å². The first-order valence-electron chi connectivity index (χ1n) is 8.73. The summed E-state index contributed by atoms with van der Waals surface area (Å²) in [6, 6.07) is 5.61. The molecule has 1 aliphatic carbocycles. The molecule has 1 aromatic heterocycles. The molecule has 0 unspecified atom stereocenters. The zero-order chi connectivity index (χ0) is 18.1. The maximum atomic E-state index is 12.6. The lowest BCUT2D eigenvalue weighted by Gasteiger charge is -2.20. The molecule has 2 amide bonds. The van der Waals surface area contributed by atoms with Gasteiger partial charge in [-0.15, -0.1) is 11.3 Å². The van der Waals surface area contributed by atoms with Gasteiger partial charge in [-0.1, -0.05) is 19.4 Å². The highest BCUT2D eigenvalue weighted by Gasteiger charge is 2.28. The number of benzene rings is 1. The molecule has 0 spiro atoms. The lowest BCUT2D eigenvalue weighted by Crippen LogP contribution is -2.19. The average Bonchev–Trinajstić information content (AvgIpc) is 2.94. The number of anilines is 1. The normalized spacial score (nSPS) is 16.4. The van der Waals surface area contributed by atoms with E-state index in [1.807, 2.05) is 32.0 Å². The van der Waals surface area contributed by atoms with Gasteiger partial charge in [0, 0.05) is 10.4 Å². The number of thiophene rings is 1. The van der Waals surface area contributed by atoms with Crippen molar-refractivity contribution < 1.29 is 9.59 Å². The summed E-state index contributed by atoms with van der Waals surface area (Å²) >= 11 is 1.51. The van der Waals surface area contributed by atoms with Crippen molar-refractivity contribution in [2.75, 3.05) is 5.32 Å². The van der Waals surface area contributed by atoms with Crippen LogP contribution in [0, 0.1) is 19.8 Å². The van der Waals surface area contributed by atoms with Gasteiger partial charge in [0.1, 0.15) is 5.00 Å². The summed E-state index contributed by atoms with van der Waals surface area (Å²) < 4.78 is 0. The van der Waals surface area contributed by atoms with E-state index in [2.05, 4.69) is 12.2 Å². The van der Waals surface area contributed by atoms with Crippen molar-refractivity contribution in [3.63, 3.8) is 0 Å². The molecule has 0 saturated heterocycles. The minimum Gasteiger partial charge on any atom is -0.365 e. The molecule has 3 N–H and O–H groups in total. The third-order valence-electron chi connectivity index (χ3n) is 5.19. The van der Waals surface area contributed by atoms with Crippen molar-refractivity contribution in [1.82, 2.24) is 0 Å². The standard InChI is InChI=1S/C20H24N2O2S/c1-4-13-6-8-15-16(10-13)25-20(17(15)18(21)23)22-19(24)14-7-5-11(2)12(3)9-14/h5,7,9,13H,4,6,8,10H2,1-3H3,(H2,21,23)(H,22,24)/t13-/m1/s1. The predicted molar refractivity (Wildman–Crippen MR) is 103 cm³/mol. The highest BCUT2D eigenvalue weighted by Crippen LogP contribution is 2.40. The van der Waals surface area contributed by atoms with Crippen LogP contribution >= 0.6 is 11.3 Å². The van der Waals surface area contributed by atoms with Crippen molar-refractivity contribution >= 4 is 28.2 Å². The molecule has 132 valence electrons. The second-order valence-electron chi connectivity index (χ2n) is 6.84. The third-order valence-corrected chi connectivity index (χ3v) is 6.36. The van der Waals surface area contributed by atoms with Crippen molar-refractivity contribution in [2.45, 2.75) is 46.5 Å². The van der Waals surface area contributed by atoms with Crippen molar-refractivity contribution in [2.24, 2.45) is 11.7 Å². The minimum absolute atomic E-state index is 0.198. The number of carbonyl (C=O) groups is 2. The summed E-state index contributed by atoms with van der Waals surface area (Å²) in [7, 11) is 0. The van der Waals surface area contributed by atoms with Crippen molar-refractivity contribution in [3.8, 4) is 0 Å². The van der Waals surface area contributed by atoms with Gasteiger partial charge in [-0.2, -0.15) is 0 Å². The lowest BCUT2D eigenvalue weighted by atomic mass is 9.85. The van der Waals surface area contributed by atoms with Crippen LogP contribution in [0.15, 0.2) is 18.2 Å². The molecule has 0 aliphatic heterocycles. The maximum Gasteiger partial charge on any atom is 0.256 e. The second kappa shape index (κ2) is 7.00. The number of aryl methyl sites for hydroxylation is 2. The van der Waals surface area contributed by atoms with Gasteiger partial charge in [-0.05, 0) is 67.9 Å². The maximum absolute atomic E-state index is 12.6. The Bertz CT molecular complexity index is 838. The largest absolute Gasteiger partial charge is 0.365 e. The van der Waals surface area contributed by atoms with Gasteiger partial charge in [-0.3, -0.25) is 9.59 Å². The number of rotatable bonds is 4. The van der Waals surface area contributed by atoms with Crippen LogP contribution in [0.3, 0.4) is 0 Å². The number of carbonyl (C=O) groups excluding carboxylic acids is 2. The Balaban J connectivity index is 1.91. The Labute approximate surface area is 152 Å². The van der Waals surface area contributed by atoms with Gasteiger partial charge in [0.2, 0.25) is 0 Å². The zero-order valence-corrected chi connectivity index (χ0v) is 15.8. The molecule has 0 saturated carbocycles. The van der Waals surface area contributed by atoms with E-state index in [9.17, 15) is 9.59 Å². The van der Waals surface area contributed by atoms with Crippen LogP contribution in [-0.4, -0.2) is 11.8 Å². The molecular weight excluding hydrogens is 332 g/mol. The average molecular weight is 356 g/mol. The van der Waals surface area contributed by atoms with E-state index in [-0.39, 0.29) is 5.91 Å². The van der Waals surface area contributed by atoms with Crippen LogP contribution in [0.1, 0.15) is 62.0 Å². The van der Waals surface area contributed by atoms with Crippen molar-refractivity contribution in [1.29, 1.82) is 0 Å². The monoisotopic (exact) mass is 356 g/mol. The van der Waals surface area contributed by atoms with Crippen LogP contribution in [0.5, 0.6) is 0 Å². The number of hydrogen-bond acceptors (Lipinski definition) is 3. The van der Waals surface area contributed by atoms with E-state index < -0.39 is 5.91 Å². The first-order valence-corrected chi connectivity index (χ1v) is 9.55. The number of hydrogen-bond donors (Lipinski definition) is 2. The van der Waals surface area contributed by atoms with E-state index in [0.717, 1.165) is 42.4 Å². The fourth-order valence-corrected chi connectivity index (χ4v) is 4.77. The molecule has 1 atom stereocenters. The van der Waals surface area contributed by atoms with Gasteiger partial charge >= 0.3 is 0 Å². The SMILES string of the molecule is CC[C@@H]1CCc2c(sc(NC(=O)c3ccc(C)c(C)c3)c2C(N)=O)C1. The Morgan fingerprint density at radius 3 is 2.68 bits per heavy atom. The predicted octanol–water partition coefficient (Wildman–Crippen LogP) is 4.23. The van der Waals surface area contributed by atoms with E-state index in [1.54, 1.807) is 0 Å². The second-order valence-corrected chi connectivity index (χ2v) is 7.95. The van der Waals surface area contributed by atoms with Gasteiger partial charge in [0.15, 0.2) is 0 Å². The van der Waals surface area contributed by atoms with E-state index >= 15 is 0 Å². The summed E-state index contributed by atoms with van der Waals surface area (Å²) in [5, 5.41) is 3.52. The van der Waals surface area contributed by atoms with Crippen LogP contribution in [0.25, 0.3) is 0 Å².